The van der Waals surface area contributed by atoms with Gasteiger partial charge in [0, 0.05) is 19.0 Å². The number of benzene rings is 1. The van der Waals surface area contributed by atoms with Crippen LogP contribution >= 0.6 is 0 Å². The first kappa shape index (κ1) is 15.7. The molecule has 0 aliphatic carbocycles. The molecular weight excluding hydrogens is 314 g/mol. The molecule has 0 aliphatic rings. The number of nitrogens with one attached hydrogen (secondary N) is 2. The number of aliphatic hydroxyl groups excluding tert-OH is 1. The molecule has 9 heteroatoms. The van der Waals surface area contributed by atoms with Gasteiger partial charge in [0.05, 0.1) is 17.8 Å². The monoisotopic (exact) mass is 329 g/mol. The van der Waals surface area contributed by atoms with Gasteiger partial charge in [-0.15, -0.1) is 0 Å². The van der Waals surface area contributed by atoms with E-state index in [2.05, 4.69) is 20.5 Å². The summed E-state index contributed by atoms with van der Waals surface area (Å²) in [5.41, 5.74) is 0.918. The van der Waals surface area contributed by atoms with Crippen LogP contribution in [0.2, 0.25) is 0 Å². The first-order chi connectivity index (χ1) is 11.7. The molecule has 2 aromatic heterocycles. The van der Waals surface area contributed by atoms with Crippen LogP contribution in [0.4, 0.5) is 11.4 Å². The SMILES string of the molecule is O=[N+]([O-])c1ccc(CO)cc1NCCc1nc(-c2ccco2)n[nH]1. The van der Waals surface area contributed by atoms with Crippen LogP contribution in [-0.2, 0) is 13.0 Å². The van der Waals surface area contributed by atoms with Gasteiger partial charge in [-0.3, -0.25) is 15.2 Å². The number of rotatable bonds is 7. The number of nitro groups is 1. The Balaban J connectivity index is 1.65. The van der Waals surface area contributed by atoms with E-state index < -0.39 is 4.92 Å². The molecule has 0 aliphatic heterocycles. The van der Waals surface area contributed by atoms with E-state index >= 15 is 0 Å². The number of hydrogen-bond acceptors (Lipinski definition) is 7. The van der Waals surface area contributed by atoms with Crippen molar-refractivity contribution in [2.24, 2.45) is 0 Å². The van der Waals surface area contributed by atoms with E-state index in [1.54, 1.807) is 24.5 Å². The van der Waals surface area contributed by atoms with Crippen molar-refractivity contribution >= 4 is 11.4 Å². The maximum Gasteiger partial charge on any atom is 0.292 e. The number of aromatic amines is 1. The van der Waals surface area contributed by atoms with Gasteiger partial charge < -0.3 is 14.8 Å². The van der Waals surface area contributed by atoms with Crippen molar-refractivity contribution in [1.29, 1.82) is 0 Å². The Bertz CT molecular complexity index is 828. The molecule has 3 N–H and O–H groups in total. The van der Waals surface area contributed by atoms with Crippen molar-refractivity contribution in [3.05, 3.63) is 58.1 Å². The molecule has 3 rings (SSSR count). The highest BCUT2D eigenvalue weighted by atomic mass is 16.6. The van der Waals surface area contributed by atoms with Crippen LogP contribution in [0.3, 0.4) is 0 Å². The van der Waals surface area contributed by atoms with E-state index in [1.165, 1.54) is 12.1 Å². The lowest BCUT2D eigenvalue weighted by Crippen LogP contribution is -2.08. The van der Waals surface area contributed by atoms with Crippen LogP contribution in [0.5, 0.6) is 0 Å². The number of H-pyrrole nitrogens is 1. The summed E-state index contributed by atoms with van der Waals surface area (Å²) in [6, 6.07) is 7.97. The molecular formula is C15H15N5O4. The second-order valence-corrected chi connectivity index (χ2v) is 5.03. The van der Waals surface area contributed by atoms with Crippen LogP contribution in [0.15, 0.2) is 41.0 Å². The highest BCUT2D eigenvalue weighted by molar-refractivity contribution is 5.62. The Morgan fingerprint density at radius 1 is 1.38 bits per heavy atom. The number of aromatic nitrogens is 3. The number of aliphatic hydroxyl groups is 1. The van der Waals surface area contributed by atoms with Crippen molar-refractivity contribution in [2.45, 2.75) is 13.0 Å². The second-order valence-electron chi connectivity index (χ2n) is 5.03. The molecule has 0 fully saturated rings. The Morgan fingerprint density at radius 3 is 2.96 bits per heavy atom. The van der Waals surface area contributed by atoms with Gasteiger partial charge >= 0.3 is 0 Å². The van der Waals surface area contributed by atoms with Gasteiger partial charge in [0.1, 0.15) is 11.5 Å². The fourth-order valence-corrected chi connectivity index (χ4v) is 2.22. The number of anilines is 1. The standard InChI is InChI=1S/C15H15N5O4/c21-9-10-3-4-12(20(22)23)11(8-10)16-6-5-14-17-15(19-18-14)13-2-1-7-24-13/h1-4,7-8,16,21H,5-6,9H2,(H,17,18,19). The second kappa shape index (κ2) is 6.92. The molecule has 9 nitrogen and oxygen atoms in total. The van der Waals surface area contributed by atoms with Gasteiger partial charge in [-0.1, -0.05) is 0 Å². The molecule has 2 heterocycles. The zero-order chi connectivity index (χ0) is 16.9. The number of hydrogen-bond donors (Lipinski definition) is 3. The predicted octanol–water partition coefficient (Wildman–Crippen LogP) is 2.12. The minimum Gasteiger partial charge on any atom is -0.461 e. The first-order valence-electron chi connectivity index (χ1n) is 7.24. The zero-order valence-corrected chi connectivity index (χ0v) is 12.6. The molecule has 0 saturated carbocycles. The smallest absolute Gasteiger partial charge is 0.292 e. The van der Waals surface area contributed by atoms with Gasteiger partial charge in [0.15, 0.2) is 5.76 Å². The average molecular weight is 329 g/mol. The lowest BCUT2D eigenvalue weighted by atomic mass is 10.2. The maximum atomic E-state index is 11.1. The summed E-state index contributed by atoms with van der Waals surface area (Å²) < 4.78 is 5.22. The van der Waals surface area contributed by atoms with Crippen molar-refractivity contribution in [3.8, 4) is 11.6 Å². The lowest BCUT2D eigenvalue weighted by molar-refractivity contribution is -0.384. The summed E-state index contributed by atoms with van der Waals surface area (Å²) >= 11 is 0. The van der Waals surface area contributed by atoms with E-state index in [0.29, 0.717) is 41.6 Å². The van der Waals surface area contributed by atoms with Gasteiger partial charge in [-0.05, 0) is 29.8 Å². The van der Waals surface area contributed by atoms with Crippen molar-refractivity contribution in [2.75, 3.05) is 11.9 Å². The lowest BCUT2D eigenvalue weighted by Gasteiger charge is -2.07. The van der Waals surface area contributed by atoms with E-state index in [-0.39, 0.29) is 12.3 Å². The van der Waals surface area contributed by atoms with E-state index in [0.717, 1.165) is 0 Å². The fourth-order valence-electron chi connectivity index (χ4n) is 2.22. The third kappa shape index (κ3) is 3.41. The third-order valence-electron chi connectivity index (χ3n) is 3.39. The Labute approximate surface area is 136 Å². The molecule has 0 atom stereocenters. The molecule has 124 valence electrons. The van der Waals surface area contributed by atoms with Gasteiger partial charge in [-0.2, -0.15) is 5.10 Å². The van der Waals surface area contributed by atoms with Crippen molar-refractivity contribution < 1.29 is 14.4 Å². The number of nitrogens with zero attached hydrogens (tertiary/aromatic N) is 3. The van der Waals surface area contributed by atoms with Crippen LogP contribution < -0.4 is 5.32 Å². The summed E-state index contributed by atoms with van der Waals surface area (Å²) in [5.74, 6) is 1.66. The highest BCUT2D eigenvalue weighted by Crippen LogP contribution is 2.25. The normalized spacial score (nSPS) is 10.7. The molecule has 0 radical (unpaired) electrons. The molecule has 3 aromatic rings. The fraction of sp³-hybridized carbons (Fsp3) is 0.200. The molecule has 0 amide bonds. The summed E-state index contributed by atoms with van der Waals surface area (Å²) in [4.78, 5) is 14.9. The van der Waals surface area contributed by atoms with Gasteiger partial charge in [0.25, 0.3) is 5.69 Å². The van der Waals surface area contributed by atoms with Crippen molar-refractivity contribution in [1.82, 2.24) is 15.2 Å². The number of furan rings is 1. The minimum absolute atomic E-state index is 0.0407. The summed E-state index contributed by atoms with van der Waals surface area (Å²) in [6.45, 7) is 0.240. The predicted molar refractivity (Wildman–Crippen MR) is 85.3 cm³/mol. The summed E-state index contributed by atoms with van der Waals surface area (Å²) in [6.07, 6.45) is 2.04. The van der Waals surface area contributed by atoms with Crippen LogP contribution in [0.1, 0.15) is 11.4 Å². The largest absolute Gasteiger partial charge is 0.461 e. The highest BCUT2D eigenvalue weighted by Gasteiger charge is 2.14. The van der Waals surface area contributed by atoms with Crippen LogP contribution in [0.25, 0.3) is 11.6 Å². The Hall–Kier alpha value is -3.20. The quantitative estimate of drug-likeness (QED) is 0.447. The van der Waals surface area contributed by atoms with Crippen molar-refractivity contribution in [3.63, 3.8) is 0 Å². The zero-order valence-electron chi connectivity index (χ0n) is 12.6. The number of nitro benzene ring substituents is 1. The van der Waals surface area contributed by atoms with E-state index in [9.17, 15) is 10.1 Å². The molecule has 0 saturated heterocycles. The van der Waals surface area contributed by atoms with Gasteiger partial charge in [0.2, 0.25) is 5.82 Å². The minimum atomic E-state index is -0.465. The topological polar surface area (TPSA) is 130 Å². The third-order valence-corrected chi connectivity index (χ3v) is 3.39. The summed E-state index contributed by atoms with van der Waals surface area (Å²) in [7, 11) is 0. The van der Waals surface area contributed by atoms with Crippen LogP contribution in [-0.4, -0.2) is 31.8 Å². The summed E-state index contributed by atoms with van der Waals surface area (Å²) in [5, 5.41) is 30.1. The maximum absolute atomic E-state index is 11.1. The first-order valence-corrected chi connectivity index (χ1v) is 7.24. The average Bonchev–Trinajstić information content (AvgIpc) is 3.25. The van der Waals surface area contributed by atoms with E-state index in [4.69, 9.17) is 9.52 Å². The molecule has 24 heavy (non-hydrogen) atoms. The molecule has 1 aromatic carbocycles. The Morgan fingerprint density at radius 2 is 2.25 bits per heavy atom. The molecule has 0 unspecified atom stereocenters. The van der Waals surface area contributed by atoms with Gasteiger partial charge in [-0.25, -0.2) is 4.98 Å². The van der Waals surface area contributed by atoms with E-state index in [1.807, 2.05) is 0 Å². The van der Waals surface area contributed by atoms with Crippen LogP contribution in [0, 0.1) is 10.1 Å². The Kier molecular flexibility index (Phi) is 4.52. The molecule has 0 spiro atoms. The molecule has 0 bridgehead atoms.